The van der Waals surface area contributed by atoms with Crippen molar-refractivity contribution in [1.82, 2.24) is 4.90 Å². The standard InChI is InChI=1S/C20H20FN3O3/c21-15-9-7-13(8-10-15)20(27)24-11-3-4-14(12-24)19(26)23-17-6-2-1-5-16(17)18(22)25/h1-2,5-10,14H,3-4,11-12H2,(H2,22,25)(H,23,26)/t14-/m1/s1. The average Bonchev–Trinajstić information content (AvgIpc) is 2.68. The van der Waals surface area contributed by atoms with Gasteiger partial charge in [0.1, 0.15) is 5.82 Å². The summed E-state index contributed by atoms with van der Waals surface area (Å²) in [5.41, 5.74) is 6.32. The van der Waals surface area contributed by atoms with Crippen LogP contribution in [-0.4, -0.2) is 35.7 Å². The van der Waals surface area contributed by atoms with Gasteiger partial charge in [-0.15, -0.1) is 0 Å². The van der Waals surface area contributed by atoms with Gasteiger partial charge in [-0.3, -0.25) is 14.4 Å². The zero-order valence-corrected chi connectivity index (χ0v) is 14.7. The Morgan fingerprint density at radius 3 is 2.48 bits per heavy atom. The van der Waals surface area contributed by atoms with Crippen molar-refractivity contribution in [1.29, 1.82) is 0 Å². The molecule has 2 aromatic carbocycles. The molecular weight excluding hydrogens is 349 g/mol. The van der Waals surface area contributed by atoms with Crippen LogP contribution < -0.4 is 11.1 Å². The number of hydrogen-bond acceptors (Lipinski definition) is 3. The van der Waals surface area contributed by atoms with E-state index in [2.05, 4.69) is 5.32 Å². The van der Waals surface area contributed by atoms with E-state index < -0.39 is 17.6 Å². The van der Waals surface area contributed by atoms with E-state index in [9.17, 15) is 18.8 Å². The molecule has 0 radical (unpaired) electrons. The van der Waals surface area contributed by atoms with Crippen LogP contribution in [0.3, 0.4) is 0 Å². The molecule has 1 aliphatic heterocycles. The lowest BCUT2D eigenvalue weighted by atomic mass is 9.96. The Kier molecular flexibility index (Phi) is 5.49. The molecule has 7 heteroatoms. The SMILES string of the molecule is NC(=O)c1ccccc1NC(=O)[C@@H]1CCCN(C(=O)c2ccc(F)cc2)C1. The Labute approximate surface area is 156 Å². The molecule has 0 unspecified atom stereocenters. The molecule has 3 N–H and O–H groups in total. The van der Waals surface area contributed by atoms with Gasteiger partial charge < -0.3 is 16.0 Å². The minimum absolute atomic E-state index is 0.231. The number of rotatable bonds is 4. The normalized spacial score (nSPS) is 16.6. The van der Waals surface area contributed by atoms with Crippen LogP contribution in [0.1, 0.15) is 33.6 Å². The molecule has 3 amide bonds. The van der Waals surface area contributed by atoms with Gasteiger partial charge in [-0.1, -0.05) is 12.1 Å². The van der Waals surface area contributed by atoms with Crippen molar-refractivity contribution in [2.24, 2.45) is 11.7 Å². The molecule has 1 saturated heterocycles. The van der Waals surface area contributed by atoms with Gasteiger partial charge in [-0.2, -0.15) is 0 Å². The first-order chi connectivity index (χ1) is 13.0. The second-order valence-electron chi connectivity index (χ2n) is 6.50. The third-order valence-corrected chi connectivity index (χ3v) is 4.62. The fourth-order valence-corrected chi connectivity index (χ4v) is 3.19. The van der Waals surface area contributed by atoms with Crippen molar-refractivity contribution in [3.8, 4) is 0 Å². The molecule has 0 bridgehead atoms. The molecule has 0 spiro atoms. The quantitative estimate of drug-likeness (QED) is 0.867. The third-order valence-electron chi connectivity index (χ3n) is 4.62. The summed E-state index contributed by atoms with van der Waals surface area (Å²) in [5.74, 6) is -1.92. The highest BCUT2D eigenvalue weighted by Gasteiger charge is 2.29. The number of hydrogen-bond donors (Lipinski definition) is 2. The first-order valence-electron chi connectivity index (χ1n) is 8.70. The number of carbonyl (C=O) groups is 3. The minimum atomic E-state index is -0.623. The smallest absolute Gasteiger partial charge is 0.253 e. The van der Waals surface area contributed by atoms with Gasteiger partial charge >= 0.3 is 0 Å². The van der Waals surface area contributed by atoms with E-state index in [0.29, 0.717) is 30.6 Å². The minimum Gasteiger partial charge on any atom is -0.366 e. The van der Waals surface area contributed by atoms with Crippen molar-refractivity contribution in [2.45, 2.75) is 12.8 Å². The number of anilines is 1. The Balaban J connectivity index is 1.69. The summed E-state index contributed by atoms with van der Waals surface area (Å²) < 4.78 is 13.0. The molecule has 6 nitrogen and oxygen atoms in total. The number of amides is 3. The highest BCUT2D eigenvalue weighted by atomic mass is 19.1. The van der Waals surface area contributed by atoms with Crippen molar-refractivity contribution >= 4 is 23.4 Å². The molecule has 2 aromatic rings. The van der Waals surface area contributed by atoms with Crippen LogP contribution in [0.4, 0.5) is 10.1 Å². The molecule has 1 heterocycles. The molecule has 1 fully saturated rings. The Morgan fingerprint density at radius 1 is 1.07 bits per heavy atom. The zero-order chi connectivity index (χ0) is 19.4. The van der Waals surface area contributed by atoms with Gasteiger partial charge in [0.25, 0.3) is 11.8 Å². The number of likely N-dealkylation sites (tertiary alicyclic amines) is 1. The van der Waals surface area contributed by atoms with Gasteiger partial charge in [0.05, 0.1) is 17.2 Å². The van der Waals surface area contributed by atoms with Crippen LogP contribution in [0.25, 0.3) is 0 Å². The maximum absolute atomic E-state index is 13.0. The van der Waals surface area contributed by atoms with E-state index in [1.165, 1.54) is 24.3 Å². The summed E-state index contributed by atoms with van der Waals surface area (Å²) in [6.07, 6.45) is 1.32. The molecule has 0 aromatic heterocycles. The first-order valence-corrected chi connectivity index (χ1v) is 8.70. The fourth-order valence-electron chi connectivity index (χ4n) is 3.19. The Bertz CT molecular complexity index is 867. The van der Waals surface area contributed by atoms with Crippen molar-refractivity contribution < 1.29 is 18.8 Å². The summed E-state index contributed by atoms with van der Waals surface area (Å²) in [6.45, 7) is 0.804. The monoisotopic (exact) mass is 369 g/mol. The second kappa shape index (κ2) is 7.99. The molecule has 0 saturated carbocycles. The van der Waals surface area contributed by atoms with Gasteiger partial charge in [-0.05, 0) is 49.2 Å². The summed E-state index contributed by atoms with van der Waals surface area (Å²) in [6, 6.07) is 11.9. The Hall–Kier alpha value is -3.22. The number of nitrogens with two attached hydrogens (primary N) is 1. The first kappa shape index (κ1) is 18.6. The van der Waals surface area contributed by atoms with Crippen LogP contribution >= 0.6 is 0 Å². The number of carbonyl (C=O) groups excluding carboxylic acids is 3. The highest BCUT2D eigenvalue weighted by Crippen LogP contribution is 2.22. The van der Waals surface area contributed by atoms with Gasteiger partial charge in [-0.25, -0.2) is 4.39 Å². The molecule has 140 valence electrons. The summed E-state index contributed by atoms with van der Waals surface area (Å²) in [5, 5.41) is 2.74. The molecular formula is C20H20FN3O3. The Morgan fingerprint density at radius 2 is 1.78 bits per heavy atom. The largest absolute Gasteiger partial charge is 0.366 e. The van der Waals surface area contributed by atoms with E-state index >= 15 is 0 Å². The van der Waals surface area contributed by atoms with E-state index in [1.807, 2.05) is 0 Å². The van der Waals surface area contributed by atoms with Crippen LogP contribution in [0.5, 0.6) is 0 Å². The highest BCUT2D eigenvalue weighted by molar-refractivity contribution is 6.03. The van der Waals surface area contributed by atoms with Gasteiger partial charge in [0, 0.05) is 18.7 Å². The van der Waals surface area contributed by atoms with Crippen LogP contribution in [0.2, 0.25) is 0 Å². The predicted octanol–water partition coefficient (Wildman–Crippen LogP) is 2.42. The van der Waals surface area contributed by atoms with Gasteiger partial charge in [0.2, 0.25) is 5.91 Å². The average molecular weight is 369 g/mol. The number of para-hydroxylation sites is 1. The maximum Gasteiger partial charge on any atom is 0.253 e. The van der Waals surface area contributed by atoms with E-state index in [0.717, 1.165) is 0 Å². The maximum atomic E-state index is 13.0. The lowest BCUT2D eigenvalue weighted by Crippen LogP contribution is -2.43. The van der Waals surface area contributed by atoms with Crippen LogP contribution in [-0.2, 0) is 4.79 Å². The molecule has 3 rings (SSSR count). The van der Waals surface area contributed by atoms with Crippen LogP contribution in [0, 0.1) is 11.7 Å². The number of halogens is 1. The second-order valence-corrected chi connectivity index (χ2v) is 6.50. The summed E-state index contributed by atoms with van der Waals surface area (Å²) in [4.78, 5) is 38.3. The van der Waals surface area contributed by atoms with Crippen molar-refractivity contribution in [2.75, 3.05) is 18.4 Å². The lowest BCUT2D eigenvalue weighted by Gasteiger charge is -2.32. The number of piperidine rings is 1. The van der Waals surface area contributed by atoms with Crippen LogP contribution in [0.15, 0.2) is 48.5 Å². The number of primary amides is 1. The topological polar surface area (TPSA) is 92.5 Å². The van der Waals surface area contributed by atoms with E-state index in [-0.39, 0.29) is 23.9 Å². The van der Waals surface area contributed by atoms with E-state index in [4.69, 9.17) is 5.73 Å². The van der Waals surface area contributed by atoms with Gasteiger partial charge in [0.15, 0.2) is 0 Å². The third kappa shape index (κ3) is 4.31. The molecule has 1 aliphatic rings. The van der Waals surface area contributed by atoms with E-state index in [1.54, 1.807) is 29.2 Å². The predicted molar refractivity (Wildman–Crippen MR) is 98.6 cm³/mol. The number of benzene rings is 2. The number of nitrogens with zero attached hydrogens (tertiary/aromatic N) is 1. The summed E-state index contributed by atoms with van der Waals surface area (Å²) in [7, 11) is 0. The summed E-state index contributed by atoms with van der Waals surface area (Å²) >= 11 is 0. The molecule has 1 atom stereocenters. The zero-order valence-electron chi connectivity index (χ0n) is 14.7. The van der Waals surface area contributed by atoms with Crippen molar-refractivity contribution in [3.05, 3.63) is 65.5 Å². The molecule has 0 aliphatic carbocycles. The lowest BCUT2D eigenvalue weighted by molar-refractivity contribution is -0.121. The fraction of sp³-hybridized carbons (Fsp3) is 0.250. The van der Waals surface area contributed by atoms with Crippen molar-refractivity contribution in [3.63, 3.8) is 0 Å². The molecule has 27 heavy (non-hydrogen) atoms. The number of nitrogens with one attached hydrogen (secondary N) is 1.